The molecule has 1 aliphatic rings. The predicted molar refractivity (Wildman–Crippen MR) is 86.0 cm³/mol. The molecule has 1 aromatic carbocycles. The van der Waals surface area contributed by atoms with Crippen LogP contribution in [0.25, 0.3) is 0 Å². The highest BCUT2D eigenvalue weighted by atomic mass is 16.5. The van der Waals surface area contributed by atoms with Gasteiger partial charge in [0.25, 0.3) is 0 Å². The normalized spacial score (nSPS) is 15.1. The van der Waals surface area contributed by atoms with Crippen molar-refractivity contribution in [2.24, 2.45) is 5.92 Å². The topological polar surface area (TPSA) is 49.9 Å². The van der Waals surface area contributed by atoms with Gasteiger partial charge in [-0.3, -0.25) is 4.79 Å². The standard InChI is InChI=1S/C17H24N2O3/c1-13(2)11-16(20)19-9-7-18(8-10-19)15-6-4-5-14(12-15)17(21)22-3/h4-6,12-13H,7-11H2,1-3H3. The van der Waals surface area contributed by atoms with Crippen LogP contribution in [0, 0.1) is 5.92 Å². The monoisotopic (exact) mass is 304 g/mol. The van der Waals surface area contributed by atoms with Crippen LogP contribution >= 0.6 is 0 Å². The summed E-state index contributed by atoms with van der Waals surface area (Å²) < 4.78 is 4.75. The average molecular weight is 304 g/mol. The molecule has 0 bridgehead atoms. The van der Waals surface area contributed by atoms with E-state index in [2.05, 4.69) is 18.7 Å². The summed E-state index contributed by atoms with van der Waals surface area (Å²) in [7, 11) is 1.38. The van der Waals surface area contributed by atoms with Crippen LogP contribution in [0.4, 0.5) is 5.69 Å². The Kier molecular flexibility index (Phi) is 5.41. The minimum Gasteiger partial charge on any atom is -0.465 e. The SMILES string of the molecule is COC(=O)c1cccc(N2CCN(C(=O)CC(C)C)CC2)c1. The third-order valence-electron chi connectivity index (χ3n) is 3.85. The maximum absolute atomic E-state index is 12.1. The molecular weight excluding hydrogens is 280 g/mol. The van der Waals surface area contributed by atoms with Gasteiger partial charge in [-0.15, -0.1) is 0 Å². The zero-order valence-electron chi connectivity index (χ0n) is 13.5. The third kappa shape index (κ3) is 4.00. The Morgan fingerprint density at radius 2 is 1.86 bits per heavy atom. The molecule has 2 rings (SSSR count). The lowest BCUT2D eigenvalue weighted by Gasteiger charge is -2.36. The van der Waals surface area contributed by atoms with Gasteiger partial charge in [-0.2, -0.15) is 0 Å². The lowest BCUT2D eigenvalue weighted by molar-refractivity contribution is -0.132. The minimum atomic E-state index is -0.326. The maximum atomic E-state index is 12.1. The number of ether oxygens (including phenoxy) is 1. The van der Waals surface area contributed by atoms with Crippen molar-refractivity contribution < 1.29 is 14.3 Å². The molecule has 0 radical (unpaired) electrons. The molecule has 1 heterocycles. The van der Waals surface area contributed by atoms with Gasteiger partial charge in [-0.05, 0) is 24.1 Å². The molecule has 0 spiro atoms. The van der Waals surface area contributed by atoms with E-state index < -0.39 is 0 Å². The molecule has 0 atom stereocenters. The van der Waals surface area contributed by atoms with Crippen molar-refractivity contribution in [1.82, 2.24) is 4.90 Å². The van der Waals surface area contributed by atoms with Crippen molar-refractivity contribution in [3.63, 3.8) is 0 Å². The first-order chi connectivity index (χ1) is 10.5. The molecular formula is C17H24N2O3. The maximum Gasteiger partial charge on any atom is 0.337 e. The molecule has 120 valence electrons. The fourth-order valence-electron chi connectivity index (χ4n) is 2.64. The number of piperazine rings is 1. The first-order valence-electron chi connectivity index (χ1n) is 7.72. The van der Waals surface area contributed by atoms with Crippen LogP contribution in [0.1, 0.15) is 30.6 Å². The van der Waals surface area contributed by atoms with E-state index in [9.17, 15) is 9.59 Å². The van der Waals surface area contributed by atoms with E-state index >= 15 is 0 Å². The lowest BCUT2D eigenvalue weighted by Crippen LogP contribution is -2.49. The first-order valence-corrected chi connectivity index (χ1v) is 7.72. The molecule has 22 heavy (non-hydrogen) atoms. The molecule has 5 nitrogen and oxygen atoms in total. The number of carbonyl (C=O) groups is 2. The van der Waals surface area contributed by atoms with Gasteiger partial charge in [0.15, 0.2) is 0 Å². The van der Waals surface area contributed by atoms with Crippen molar-refractivity contribution >= 4 is 17.6 Å². The number of carbonyl (C=O) groups excluding carboxylic acids is 2. The van der Waals surface area contributed by atoms with Gasteiger partial charge in [0.05, 0.1) is 12.7 Å². The Balaban J connectivity index is 1.97. The van der Waals surface area contributed by atoms with Crippen molar-refractivity contribution in [2.75, 3.05) is 38.2 Å². The van der Waals surface area contributed by atoms with E-state index in [1.54, 1.807) is 6.07 Å². The van der Waals surface area contributed by atoms with Crippen molar-refractivity contribution in [3.8, 4) is 0 Å². The smallest absolute Gasteiger partial charge is 0.337 e. The van der Waals surface area contributed by atoms with E-state index in [0.717, 1.165) is 31.9 Å². The molecule has 5 heteroatoms. The molecule has 1 saturated heterocycles. The summed E-state index contributed by atoms with van der Waals surface area (Å²) in [6.45, 7) is 7.16. The second kappa shape index (κ2) is 7.29. The first kappa shape index (κ1) is 16.3. The van der Waals surface area contributed by atoms with Gasteiger partial charge in [0, 0.05) is 38.3 Å². The Morgan fingerprint density at radius 3 is 2.45 bits per heavy atom. The van der Waals surface area contributed by atoms with E-state index in [-0.39, 0.29) is 11.9 Å². The average Bonchev–Trinajstić information content (AvgIpc) is 2.53. The molecule has 0 saturated carbocycles. The molecule has 1 fully saturated rings. The zero-order chi connectivity index (χ0) is 16.1. The van der Waals surface area contributed by atoms with E-state index in [1.165, 1.54) is 7.11 Å². The van der Waals surface area contributed by atoms with Crippen LogP contribution < -0.4 is 4.90 Å². The van der Waals surface area contributed by atoms with Crippen molar-refractivity contribution in [3.05, 3.63) is 29.8 Å². The fraction of sp³-hybridized carbons (Fsp3) is 0.529. The summed E-state index contributed by atoms with van der Waals surface area (Å²) in [5.74, 6) is 0.299. The number of anilines is 1. The zero-order valence-corrected chi connectivity index (χ0v) is 13.5. The van der Waals surface area contributed by atoms with E-state index in [0.29, 0.717) is 17.9 Å². The summed E-state index contributed by atoms with van der Waals surface area (Å²) in [5, 5.41) is 0. The quantitative estimate of drug-likeness (QED) is 0.800. The minimum absolute atomic E-state index is 0.234. The van der Waals surface area contributed by atoms with Gasteiger partial charge in [-0.1, -0.05) is 19.9 Å². The molecule has 1 aromatic rings. The van der Waals surface area contributed by atoms with Crippen LogP contribution in [-0.2, 0) is 9.53 Å². The molecule has 0 aromatic heterocycles. The number of amides is 1. The number of hydrogen-bond acceptors (Lipinski definition) is 4. The highest BCUT2D eigenvalue weighted by Gasteiger charge is 2.22. The van der Waals surface area contributed by atoms with Crippen LogP contribution in [0.3, 0.4) is 0 Å². The Hall–Kier alpha value is -2.04. The Bertz CT molecular complexity index is 534. The van der Waals surface area contributed by atoms with Gasteiger partial charge in [0.2, 0.25) is 5.91 Å². The Morgan fingerprint density at radius 1 is 1.18 bits per heavy atom. The lowest BCUT2D eigenvalue weighted by atomic mass is 10.1. The van der Waals surface area contributed by atoms with E-state index in [4.69, 9.17) is 4.74 Å². The highest BCUT2D eigenvalue weighted by molar-refractivity contribution is 5.90. The Labute approximate surface area is 131 Å². The van der Waals surface area contributed by atoms with Gasteiger partial charge in [0.1, 0.15) is 0 Å². The summed E-state index contributed by atoms with van der Waals surface area (Å²) in [6, 6.07) is 7.44. The molecule has 1 aliphatic heterocycles. The van der Waals surface area contributed by atoms with Gasteiger partial charge in [-0.25, -0.2) is 4.79 Å². The fourth-order valence-corrected chi connectivity index (χ4v) is 2.64. The van der Waals surface area contributed by atoms with Crippen LogP contribution in [0.2, 0.25) is 0 Å². The summed E-state index contributed by atoms with van der Waals surface area (Å²) in [4.78, 5) is 27.8. The number of methoxy groups -OCH3 is 1. The highest BCUT2D eigenvalue weighted by Crippen LogP contribution is 2.19. The van der Waals surface area contributed by atoms with E-state index in [1.807, 2.05) is 23.1 Å². The largest absolute Gasteiger partial charge is 0.465 e. The second-order valence-electron chi connectivity index (χ2n) is 6.01. The predicted octanol–water partition coefficient (Wildman–Crippen LogP) is 2.17. The summed E-state index contributed by atoms with van der Waals surface area (Å²) in [6.07, 6.45) is 0.609. The van der Waals surface area contributed by atoms with Gasteiger partial charge < -0.3 is 14.5 Å². The second-order valence-corrected chi connectivity index (χ2v) is 6.01. The molecule has 0 aliphatic carbocycles. The summed E-state index contributed by atoms with van der Waals surface area (Å²) >= 11 is 0. The number of rotatable bonds is 4. The van der Waals surface area contributed by atoms with Gasteiger partial charge >= 0.3 is 5.97 Å². The van der Waals surface area contributed by atoms with Crippen LogP contribution in [0.5, 0.6) is 0 Å². The molecule has 0 unspecified atom stereocenters. The van der Waals surface area contributed by atoms with Crippen molar-refractivity contribution in [1.29, 1.82) is 0 Å². The molecule has 0 N–H and O–H groups in total. The van der Waals surface area contributed by atoms with Crippen molar-refractivity contribution in [2.45, 2.75) is 20.3 Å². The number of nitrogens with zero attached hydrogens (tertiary/aromatic N) is 2. The summed E-state index contributed by atoms with van der Waals surface area (Å²) in [5.41, 5.74) is 1.55. The number of benzene rings is 1. The number of esters is 1. The molecule has 1 amide bonds. The van der Waals surface area contributed by atoms with Crippen LogP contribution in [0.15, 0.2) is 24.3 Å². The number of hydrogen-bond donors (Lipinski definition) is 0. The van der Waals surface area contributed by atoms with Crippen LogP contribution in [-0.4, -0.2) is 50.1 Å². The third-order valence-corrected chi connectivity index (χ3v) is 3.85.